The van der Waals surface area contributed by atoms with Crippen LogP contribution in [0.1, 0.15) is 20.7 Å². The molecule has 2 aromatic carbocycles. The average molecular weight is 404 g/mol. The van der Waals surface area contributed by atoms with Crippen LogP contribution in [-0.2, 0) is 4.79 Å². The standard InChI is InChI=1S/C18H14ClN3O4S/c1-26-14-7-6-10(8-13(14)19)20-18(27)21-15(23)9-22-16(24)11-4-2-3-5-12(11)17(22)25/h2-8H,9H2,1H3,(H2,20,21,23,27). The highest BCUT2D eigenvalue weighted by Gasteiger charge is 2.36. The maximum Gasteiger partial charge on any atom is 0.262 e. The number of fused-ring (bicyclic) bond motifs is 1. The third-order valence-corrected chi connectivity index (χ3v) is 4.34. The van der Waals surface area contributed by atoms with E-state index in [1.54, 1.807) is 42.5 Å². The van der Waals surface area contributed by atoms with Crippen molar-refractivity contribution in [2.75, 3.05) is 19.0 Å². The van der Waals surface area contributed by atoms with E-state index >= 15 is 0 Å². The molecule has 0 spiro atoms. The minimum absolute atomic E-state index is 0.0119. The summed E-state index contributed by atoms with van der Waals surface area (Å²) in [6.45, 7) is -0.433. The molecular formula is C18H14ClN3O4S. The SMILES string of the molecule is COc1ccc(NC(=S)NC(=O)CN2C(=O)c3ccccc3C2=O)cc1Cl. The Morgan fingerprint density at radius 3 is 2.33 bits per heavy atom. The molecule has 0 saturated carbocycles. The topological polar surface area (TPSA) is 87.7 Å². The molecule has 0 aliphatic carbocycles. The Bertz CT molecular complexity index is 928. The van der Waals surface area contributed by atoms with Crippen molar-refractivity contribution in [1.82, 2.24) is 10.2 Å². The number of amides is 3. The Labute approximate surface area is 165 Å². The molecule has 0 atom stereocenters. The smallest absolute Gasteiger partial charge is 0.262 e. The summed E-state index contributed by atoms with van der Waals surface area (Å²) >= 11 is 11.1. The van der Waals surface area contributed by atoms with Crippen LogP contribution >= 0.6 is 23.8 Å². The van der Waals surface area contributed by atoms with Gasteiger partial charge in [0.2, 0.25) is 5.91 Å². The van der Waals surface area contributed by atoms with Crippen molar-refractivity contribution >= 4 is 52.3 Å². The van der Waals surface area contributed by atoms with Crippen molar-refractivity contribution in [1.29, 1.82) is 0 Å². The highest BCUT2D eigenvalue weighted by atomic mass is 35.5. The number of hydrogen-bond donors (Lipinski definition) is 2. The summed E-state index contributed by atoms with van der Waals surface area (Å²) in [6, 6.07) is 11.3. The number of methoxy groups -OCH3 is 1. The fraction of sp³-hybridized carbons (Fsp3) is 0.111. The van der Waals surface area contributed by atoms with Crippen LogP contribution in [0.3, 0.4) is 0 Å². The van der Waals surface area contributed by atoms with E-state index in [2.05, 4.69) is 10.6 Å². The van der Waals surface area contributed by atoms with E-state index < -0.39 is 24.3 Å². The molecule has 1 aliphatic rings. The zero-order valence-electron chi connectivity index (χ0n) is 14.1. The quantitative estimate of drug-likeness (QED) is 0.602. The van der Waals surface area contributed by atoms with Gasteiger partial charge in [0.05, 0.1) is 23.3 Å². The lowest BCUT2D eigenvalue weighted by Crippen LogP contribution is -2.43. The fourth-order valence-electron chi connectivity index (χ4n) is 2.60. The van der Waals surface area contributed by atoms with Crippen molar-refractivity contribution in [2.24, 2.45) is 0 Å². The van der Waals surface area contributed by atoms with Gasteiger partial charge in [-0.1, -0.05) is 23.7 Å². The van der Waals surface area contributed by atoms with Crippen molar-refractivity contribution in [3.05, 3.63) is 58.6 Å². The van der Waals surface area contributed by atoms with Crippen molar-refractivity contribution in [3.63, 3.8) is 0 Å². The summed E-state index contributed by atoms with van der Waals surface area (Å²) in [5, 5.41) is 5.62. The molecule has 9 heteroatoms. The second-order valence-corrected chi connectivity index (χ2v) is 6.41. The summed E-state index contributed by atoms with van der Waals surface area (Å²) in [7, 11) is 1.50. The molecule has 27 heavy (non-hydrogen) atoms. The van der Waals surface area contributed by atoms with Gasteiger partial charge in [-0.25, -0.2) is 0 Å². The Morgan fingerprint density at radius 1 is 1.15 bits per heavy atom. The first-order chi connectivity index (χ1) is 12.9. The Morgan fingerprint density at radius 2 is 1.78 bits per heavy atom. The second-order valence-electron chi connectivity index (χ2n) is 5.59. The highest BCUT2D eigenvalue weighted by Crippen LogP contribution is 2.27. The zero-order valence-corrected chi connectivity index (χ0v) is 15.7. The molecule has 138 valence electrons. The van der Waals surface area contributed by atoms with Crippen molar-refractivity contribution in [2.45, 2.75) is 0 Å². The van der Waals surface area contributed by atoms with Crippen LogP contribution in [0.4, 0.5) is 5.69 Å². The third kappa shape index (κ3) is 3.91. The van der Waals surface area contributed by atoms with E-state index in [1.807, 2.05) is 0 Å². The second kappa shape index (κ2) is 7.73. The van der Waals surface area contributed by atoms with Gasteiger partial charge in [0.15, 0.2) is 5.11 Å². The Hall–Kier alpha value is -2.97. The van der Waals surface area contributed by atoms with Gasteiger partial charge >= 0.3 is 0 Å². The van der Waals surface area contributed by atoms with Gasteiger partial charge in [-0.2, -0.15) is 0 Å². The first-order valence-corrected chi connectivity index (χ1v) is 8.59. The normalized spacial score (nSPS) is 12.6. The Balaban J connectivity index is 1.60. The van der Waals surface area contributed by atoms with E-state index in [1.165, 1.54) is 7.11 Å². The summed E-state index contributed by atoms with van der Waals surface area (Å²) in [5.41, 5.74) is 1.11. The molecule has 0 saturated heterocycles. The number of carbonyl (C=O) groups is 3. The number of nitrogens with zero attached hydrogens (tertiary/aromatic N) is 1. The van der Waals surface area contributed by atoms with Crippen LogP contribution in [0.2, 0.25) is 5.02 Å². The number of rotatable bonds is 4. The highest BCUT2D eigenvalue weighted by molar-refractivity contribution is 7.80. The average Bonchev–Trinajstić information content (AvgIpc) is 2.87. The Kier molecular flexibility index (Phi) is 5.38. The summed E-state index contributed by atoms with van der Waals surface area (Å²) in [4.78, 5) is 37.6. The minimum atomic E-state index is -0.596. The number of halogens is 1. The van der Waals surface area contributed by atoms with Crippen molar-refractivity contribution in [3.8, 4) is 5.75 Å². The van der Waals surface area contributed by atoms with Crippen LogP contribution in [0.5, 0.6) is 5.75 Å². The lowest BCUT2D eigenvalue weighted by Gasteiger charge is -2.15. The van der Waals surface area contributed by atoms with Gasteiger partial charge in [0, 0.05) is 5.69 Å². The van der Waals surface area contributed by atoms with E-state index in [9.17, 15) is 14.4 Å². The predicted octanol–water partition coefficient (Wildman–Crippen LogP) is 2.46. The molecule has 0 radical (unpaired) electrons. The van der Waals surface area contributed by atoms with Gasteiger partial charge in [0.1, 0.15) is 12.3 Å². The number of hydrogen-bond acceptors (Lipinski definition) is 5. The molecule has 3 amide bonds. The number of imide groups is 1. The van der Waals surface area contributed by atoms with Gasteiger partial charge in [-0.3, -0.25) is 19.3 Å². The summed E-state index contributed by atoms with van der Waals surface area (Å²) in [5.74, 6) is -1.11. The number of anilines is 1. The van der Waals surface area contributed by atoms with E-state index in [0.29, 0.717) is 16.5 Å². The maximum atomic E-state index is 12.3. The maximum absolute atomic E-state index is 12.3. The summed E-state index contributed by atoms with van der Waals surface area (Å²) < 4.78 is 5.06. The molecule has 1 heterocycles. The van der Waals surface area contributed by atoms with Crippen LogP contribution in [-0.4, -0.2) is 41.4 Å². The minimum Gasteiger partial charge on any atom is -0.495 e. The number of nitrogens with one attached hydrogen (secondary N) is 2. The fourth-order valence-corrected chi connectivity index (χ4v) is 3.09. The monoisotopic (exact) mass is 403 g/mol. The molecular weight excluding hydrogens is 390 g/mol. The molecule has 0 fully saturated rings. The lowest BCUT2D eigenvalue weighted by atomic mass is 10.1. The number of ether oxygens (including phenoxy) is 1. The van der Waals surface area contributed by atoms with Crippen LogP contribution in [0, 0.1) is 0 Å². The molecule has 2 aromatic rings. The van der Waals surface area contributed by atoms with Gasteiger partial charge < -0.3 is 15.4 Å². The van der Waals surface area contributed by atoms with Gasteiger partial charge in [0.25, 0.3) is 11.8 Å². The molecule has 0 bridgehead atoms. The predicted molar refractivity (Wildman–Crippen MR) is 104 cm³/mol. The number of thiocarbonyl (C=S) groups is 1. The van der Waals surface area contributed by atoms with Gasteiger partial charge in [-0.05, 0) is 42.5 Å². The molecule has 0 aromatic heterocycles. The lowest BCUT2D eigenvalue weighted by molar-refractivity contribution is -0.120. The van der Waals surface area contributed by atoms with E-state index in [4.69, 9.17) is 28.6 Å². The van der Waals surface area contributed by atoms with E-state index in [-0.39, 0.29) is 16.2 Å². The van der Waals surface area contributed by atoms with Gasteiger partial charge in [-0.15, -0.1) is 0 Å². The number of carbonyl (C=O) groups excluding carboxylic acids is 3. The molecule has 3 rings (SSSR count). The molecule has 7 nitrogen and oxygen atoms in total. The first kappa shape index (κ1) is 18.8. The molecule has 1 aliphatic heterocycles. The molecule has 0 unspecified atom stereocenters. The van der Waals surface area contributed by atoms with E-state index in [0.717, 1.165) is 4.90 Å². The first-order valence-electron chi connectivity index (χ1n) is 7.80. The summed E-state index contributed by atoms with van der Waals surface area (Å²) in [6.07, 6.45) is 0. The zero-order chi connectivity index (χ0) is 19.6. The molecule has 2 N–H and O–H groups in total. The van der Waals surface area contributed by atoms with Crippen molar-refractivity contribution < 1.29 is 19.1 Å². The van der Waals surface area contributed by atoms with Crippen LogP contribution < -0.4 is 15.4 Å². The third-order valence-electron chi connectivity index (χ3n) is 3.84. The largest absolute Gasteiger partial charge is 0.495 e. The van der Waals surface area contributed by atoms with Crippen LogP contribution in [0.15, 0.2) is 42.5 Å². The number of benzene rings is 2. The van der Waals surface area contributed by atoms with Crippen LogP contribution in [0.25, 0.3) is 0 Å².